The minimum atomic E-state index is -4.53. The van der Waals surface area contributed by atoms with Gasteiger partial charge in [-0.05, 0) is 37.1 Å². The molecule has 0 radical (unpaired) electrons. The average molecular weight is 452 g/mol. The van der Waals surface area contributed by atoms with E-state index in [0.29, 0.717) is 11.3 Å². The van der Waals surface area contributed by atoms with Gasteiger partial charge in [0.05, 0.1) is 17.5 Å². The zero-order valence-electron chi connectivity index (χ0n) is 17.4. The summed E-state index contributed by atoms with van der Waals surface area (Å²) in [7, 11) is 0. The van der Waals surface area contributed by atoms with E-state index in [1.807, 2.05) is 0 Å². The number of nitrogens with one attached hydrogen (secondary N) is 1. The number of halogens is 3. The number of carbonyl (C=O) groups excluding carboxylic acids is 1. The summed E-state index contributed by atoms with van der Waals surface area (Å²) in [6.45, 7) is 1.84. The highest BCUT2D eigenvalue weighted by atomic mass is 19.4. The van der Waals surface area contributed by atoms with Crippen molar-refractivity contribution in [1.82, 2.24) is 19.6 Å². The van der Waals surface area contributed by atoms with Crippen LogP contribution in [-0.2, 0) is 6.18 Å². The van der Waals surface area contributed by atoms with Gasteiger partial charge in [-0.2, -0.15) is 18.3 Å². The van der Waals surface area contributed by atoms with Gasteiger partial charge in [0.2, 0.25) is 0 Å². The van der Waals surface area contributed by atoms with E-state index in [1.165, 1.54) is 41.0 Å². The molecule has 0 atom stereocenters. The van der Waals surface area contributed by atoms with E-state index in [9.17, 15) is 18.0 Å². The first-order chi connectivity index (χ1) is 15.9. The largest absolute Gasteiger partial charge is 0.417 e. The van der Waals surface area contributed by atoms with E-state index in [1.54, 1.807) is 18.3 Å². The van der Waals surface area contributed by atoms with Crippen molar-refractivity contribution in [2.45, 2.75) is 19.0 Å². The Balaban J connectivity index is 1.47. The number of rotatable bonds is 4. The molecule has 4 aromatic rings. The van der Waals surface area contributed by atoms with Crippen LogP contribution < -0.4 is 10.2 Å². The van der Waals surface area contributed by atoms with Gasteiger partial charge in [-0.1, -0.05) is 18.2 Å². The number of carbonyl (C=O) groups is 1. The second-order valence-corrected chi connectivity index (χ2v) is 7.73. The number of imidazole rings is 1. The topological polar surface area (TPSA) is 75.4 Å². The van der Waals surface area contributed by atoms with Crippen LogP contribution in [-0.4, -0.2) is 38.6 Å². The summed E-state index contributed by atoms with van der Waals surface area (Å²) < 4.78 is 41.6. The molecule has 1 N–H and O–H groups in total. The van der Waals surface area contributed by atoms with Crippen molar-refractivity contribution in [3.63, 3.8) is 0 Å². The monoisotopic (exact) mass is 452 g/mol. The number of aromatic nitrogens is 4. The fourth-order valence-corrected chi connectivity index (χ4v) is 3.94. The molecule has 1 aromatic carbocycles. The normalized spacial score (nSPS) is 14.1. The van der Waals surface area contributed by atoms with Crippen LogP contribution >= 0.6 is 0 Å². The van der Waals surface area contributed by atoms with Crippen LogP contribution in [0, 0.1) is 0 Å². The van der Waals surface area contributed by atoms with Crippen LogP contribution in [0.4, 0.5) is 24.7 Å². The van der Waals surface area contributed by atoms with Crippen molar-refractivity contribution in [3.05, 3.63) is 72.2 Å². The molecule has 0 unspecified atom stereocenters. The molecule has 3 aromatic heterocycles. The Bertz CT molecular complexity index is 1330. The van der Waals surface area contributed by atoms with Gasteiger partial charge in [-0.3, -0.25) is 4.79 Å². The summed E-state index contributed by atoms with van der Waals surface area (Å²) in [6.07, 6.45) is 0.649. The van der Waals surface area contributed by atoms with Gasteiger partial charge in [-0.25, -0.2) is 14.5 Å². The van der Waals surface area contributed by atoms with E-state index in [0.717, 1.165) is 37.8 Å². The highest BCUT2D eigenvalue weighted by molar-refractivity contribution is 6.03. The summed E-state index contributed by atoms with van der Waals surface area (Å²) >= 11 is 0. The standard InChI is InChI=1S/C23H19F3N6O/c24-23(25,26)17-6-2-1-5-16(17)18-7-8-20-28-14-19(32(20)30-18)22(33)29-15-9-10-27-21(13-15)31-11-3-4-12-31/h1-2,5-10,13-14H,3-4,11-12H2,(H,27,29,33). The van der Waals surface area contributed by atoms with Crippen molar-refractivity contribution in [1.29, 1.82) is 0 Å². The van der Waals surface area contributed by atoms with Gasteiger partial charge in [0.1, 0.15) is 5.82 Å². The van der Waals surface area contributed by atoms with Crippen molar-refractivity contribution in [3.8, 4) is 11.3 Å². The third kappa shape index (κ3) is 4.11. The Morgan fingerprint density at radius 2 is 1.79 bits per heavy atom. The van der Waals surface area contributed by atoms with Gasteiger partial charge in [0.15, 0.2) is 11.3 Å². The minimum Gasteiger partial charge on any atom is -0.357 e. The average Bonchev–Trinajstić information content (AvgIpc) is 3.48. The van der Waals surface area contributed by atoms with Crippen LogP contribution in [0.1, 0.15) is 28.9 Å². The summed E-state index contributed by atoms with van der Waals surface area (Å²) in [5.41, 5.74) is 0.232. The Kier molecular flexibility index (Phi) is 5.20. The molecule has 0 spiro atoms. The number of fused-ring (bicyclic) bond motifs is 1. The molecular formula is C23H19F3N6O. The first-order valence-corrected chi connectivity index (χ1v) is 10.4. The summed E-state index contributed by atoms with van der Waals surface area (Å²) in [6, 6.07) is 11.7. The lowest BCUT2D eigenvalue weighted by Crippen LogP contribution is -2.20. The number of amides is 1. The molecule has 1 aliphatic heterocycles. The molecule has 1 amide bonds. The predicted molar refractivity (Wildman–Crippen MR) is 117 cm³/mol. The van der Waals surface area contributed by atoms with E-state index in [4.69, 9.17) is 0 Å². The molecule has 7 nitrogen and oxygen atoms in total. The van der Waals surface area contributed by atoms with Crippen molar-refractivity contribution >= 4 is 23.1 Å². The predicted octanol–water partition coefficient (Wildman–Crippen LogP) is 4.66. The molecule has 0 saturated carbocycles. The molecule has 10 heteroatoms. The Hall–Kier alpha value is -3.95. The van der Waals surface area contributed by atoms with E-state index >= 15 is 0 Å². The second kappa shape index (κ2) is 8.19. The number of hydrogen-bond donors (Lipinski definition) is 1. The zero-order chi connectivity index (χ0) is 23.0. The van der Waals surface area contributed by atoms with Crippen LogP contribution in [0.2, 0.25) is 0 Å². The fourth-order valence-electron chi connectivity index (χ4n) is 3.94. The molecule has 0 aliphatic carbocycles. The van der Waals surface area contributed by atoms with Gasteiger partial charge in [0, 0.05) is 36.6 Å². The number of anilines is 2. The summed E-state index contributed by atoms with van der Waals surface area (Å²) in [5.74, 6) is 0.308. The summed E-state index contributed by atoms with van der Waals surface area (Å²) in [5, 5.41) is 7.10. The molecule has 168 valence electrons. The Labute approximate surface area is 186 Å². The van der Waals surface area contributed by atoms with Crippen molar-refractivity contribution in [2.75, 3.05) is 23.3 Å². The number of nitrogens with zero attached hydrogens (tertiary/aromatic N) is 5. The highest BCUT2D eigenvalue weighted by Gasteiger charge is 2.33. The lowest BCUT2D eigenvalue weighted by Gasteiger charge is -2.17. The zero-order valence-corrected chi connectivity index (χ0v) is 17.4. The molecular weight excluding hydrogens is 433 g/mol. The molecule has 4 heterocycles. The van der Waals surface area contributed by atoms with Crippen molar-refractivity contribution in [2.24, 2.45) is 0 Å². The third-order valence-electron chi connectivity index (χ3n) is 5.54. The highest BCUT2D eigenvalue weighted by Crippen LogP contribution is 2.36. The molecule has 33 heavy (non-hydrogen) atoms. The number of pyridine rings is 1. The Morgan fingerprint density at radius 1 is 1.00 bits per heavy atom. The van der Waals surface area contributed by atoms with E-state index in [-0.39, 0.29) is 17.0 Å². The number of hydrogen-bond acceptors (Lipinski definition) is 5. The smallest absolute Gasteiger partial charge is 0.357 e. The summed E-state index contributed by atoms with van der Waals surface area (Å²) in [4.78, 5) is 23.7. The first kappa shape index (κ1) is 20.9. The lowest BCUT2D eigenvalue weighted by atomic mass is 10.0. The van der Waals surface area contributed by atoms with Crippen LogP contribution in [0.15, 0.2) is 60.9 Å². The minimum absolute atomic E-state index is 0.0728. The first-order valence-electron chi connectivity index (χ1n) is 10.4. The quantitative estimate of drug-likeness (QED) is 0.487. The number of benzene rings is 1. The lowest BCUT2D eigenvalue weighted by molar-refractivity contribution is -0.137. The maximum atomic E-state index is 13.5. The van der Waals surface area contributed by atoms with Crippen LogP contribution in [0.3, 0.4) is 0 Å². The molecule has 1 saturated heterocycles. The van der Waals surface area contributed by atoms with Crippen molar-refractivity contribution < 1.29 is 18.0 Å². The second-order valence-electron chi connectivity index (χ2n) is 7.73. The van der Waals surface area contributed by atoms with Gasteiger partial charge in [0.25, 0.3) is 5.91 Å². The maximum Gasteiger partial charge on any atom is 0.417 e. The molecule has 0 bridgehead atoms. The van der Waals surface area contributed by atoms with Crippen LogP contribution in [0.5, 0.6) is 0 Å². The van der Waals surface area contributed by atoms with Gasteiger partial charge < -0.3 is 10.2 Å². The fraction of sp³-hybridized carbons (Fsp3) is 0.217. The maximum absolute atomic E-state index is 13.5. The van der Waals surface area contributed by atoms with Gasteiger partial charge >= 0.3 is 6.18 Å². The molecule has 5 rings (SSSR count). The SMILES string of the molecule is O=C(Nc1ccnc(N2CCCC2)c1)c1cnc2ccc(-c3ccccc3C(F)(F)F)nn12. The molecule has 1 fully saturated rings. The number of alkyl halides is 3. The van der Waals surface area contributed by atoms with Gasteiger partial charge in [-0.15, -0.1) is 0 Å². The Morgan fingerprint density at radius 3 is 2.58 bits per heavy atom. The molecule has 1 aliphatic rings. The van der Waals surface area contributed by atoms with Crippen LogP contribution in [0.25, 0.3) is 16.9 Å². The third-order valence-corrected chi connectivity index (χ3v) is 5.54. The van der Waals surface area contributed by atoms with E-state index in [2.05, 4.69) is 25.3 Å². The van der Waals surface area contributed by atoms with E-state index < -0.39 is 17.6 Å².